The molecule has 1 heterocycles. The Kier molecular flexibility index (Phi) is 6.11. The van der Waals surface area contributed by atoms with E-state index in [1.54, 1.807) is 34.3 Å². The first kappa shape index (κ1) is 19.1. The SMILES string of the molecule is CCOc1ccc(S(=O)(=O)N2CCSC2c2ccccc2)c(OCC)c1. The van der Waals surface area contributed by atoms with Crippen LogP contribution in [-0.4, -0.2) is 38.2 Å². The molecule has 0 aliphatic carbocycles. The molecule has 5 nitrogen and oxygen atoms in total. The van der Waals surface area contributed by atoms with Crippen LogP contribution in [0.3, 0.4) is 0 Å². The van der Waals surface area contributed by atoms with Crippen molar-refractivity contribution in [3.63, 3.8) is 0 Å². The maximum Gasteiger partial charge on any atom is 0.248 e. The molecule has 1 saturated heterocycles. The number of sulfonamides is 1. The fraction of sp³-hybridized carbons (Fsp3) is 0.368. The summed E-state index contributed by atoms with van der Waals surface area (Å²) in [5, 5.41) is -0.220. The summed E-state index contributed by atoms with van der Waals surface area (Å²) >= 11 is 1.64. The van der Waals surface area contributed by atoms with Gasteiger partial charge in [-0.2, -0.15) is 4.31 Å². The lowest BCUT2D eigenvalue weighted by Gasteiger charge is -2.24. The Morgan fingerprint density at radius 1 is 1.08 bits per heavy atom. The van der Waals surface area contributed by atoms with E-state index in [0.717, 1.165) is 11.3 Å². The standard InChI is InChI=1S/C19H23NO4S2/c1-3-23-16-10-11-18(17(14-16)24-4-2)26(21,22)20-12-13-25-19(20)15-8-6-5-7-9-15/h5-11,14,19H,3-4,12-13H2,1-2H3. The quantitative estimate of drug-likeness (QED) is 0.714. The van der Waals surface area contributed by atoms with Crippen molar-refractivity contribution < 1.29 is 17.9 Å². The van der Waals surface area contributed by atoms with E-state index in [-0.39, 0.29) is 10.3 Å². The van der Waals surface area contributed by atoms with Gasteiger partial charge < -0.3 is 9.47 Å². The van der Waals surface area contributed by atoms with Gasteiger partial charge in [-0.3, -0.25) is 0 Å². The van der Waals surface area contributed by atoms with Gasteiger partial charge in [-0.05, 0) is 31.5 Å². The summed E-state index contributed by atoms with van der Waals surface area (Å²) in [7, 11) is -3.69. The van der Waals surface area contributed by atoms with Gasteiger partial charge in [-0.25, -0.2) is 8.42 Å². The predicted octanol–water partition coefficient (Wildman–Crippen LogP) is 3.92. The normalized spacial score (nSPS) is 18.0. The monoisotopic (exact) mass is 393 g/mol. The lowest BCUT2D eigenvalue weighted by molar-refractivity contribution is 0.315. The van der Waals surface area contributed by atoms with E-state index in [9.17, 15) is 8.42 Å². The molecule has 0 bridgehead atoms. The first-order valence-corrected chi connectivity index (χ1v) is 11.1. The topological polar surface area (TPSA) is 55.8 Å². The number of hydrogen-bond donors (Lipinski definition) is 0. The molecule has 26 heavy (non-hydrogen) atoms. The number of benzene rings is 2. The van der Waals surface area contributed by atoms with Crippen LogP contribution >= 0.6 is 11.8 Å². The van der Waals surface area contributed by atoms with E-state index in [1.165, 1.54) is 0 Å². The zero-order chi connectivity index (χ0) is 18.6. The Hall–Kier alpha value is -1.70. The van der Waals surface area contributed by atoms with Crippen LogP contribution in [0.15, 0.2) is 53.4 Å². The molecule has 0 saturated carbocycles. The first-order chi connectivity index (χ1) is 12.6. The summed E-state index contributed by atoms with van der Waals surface area (Å²) in [6, 6.07) is 14.6. The fourth-order valence-corrected chi connectivity index (χ4v) is 6.29. The molecular formula is C19H23NO4S2. The molecule has 3 rings (SSSR count). The van der Waals surface area contributed by atoms with Crippen LogP contribution in [0.4, 0.5) is 0 Å². The smallest absolute Gasteiger partial charge is 0.248 e. The molecule has 0 aromatic heterocycles. The fourth-order valence-electron chi connectivity index (χ4n) is 2.93. The highest BCUT2D eigenvalue weighted by atomic mass is 32.2. The molecule has 1 aliphatic heterocycles. The highest BCUT2D eigenvalue weighted by Crippen LogP contribution is 2.43. The van der Waals surface area contributed by atoms with Crippen molar-refractivity contribution >= 4 is 21.8 Å². The third-order valence-electron chi connectivity index (χ3n) is 4.05. The average Bonchev–Trinajstić information content (AvgIpc) is 3.14. The minimum Gasteiger partial charge on any atom is -0.494 e. The summed E-state index contributed by atoms with van der Waals surface area (Å²) in [5.41, 5.74) is 0.988. The van der Waals surface area contributed by atoms with Crippen molar-refractivity contribution in [3.8, 4) is 11.5 Å². The zero-order valence-corrected chi connectivity index (χ0v) is 16.6. The number of thioether (sulfide) groups is 1. The van der Waals surface area contributed by atoms with Crippen LogP contribution in [0.5, 0.6) is 11.5 Å². The summed E-state index contributed by atoms with van der Waals surface area (Å²) in [6.45, 7) is 5.09. The Morgan fingerprint density at radius 2 is 1.81 bits per heavy atom. The van der Waals surface area contributed by atoms with E-state index in [0.29, 0.717) is 31.3 Å². The molecule has 7 heteroatoms. The van der Waals surface area contributed by atoms with Crippen LogP contribution in [-0.2, 0) is 10.0 Å². The van der Waals surface area contributed by atoms with Crippen molar-refractivity contribution in [2.24, 2.45) is 0 Å². The number of hydrogen-bond acceptors (Lipinski definition) is 5. The maximum atomic E-state index is 13.4. The van der Waals surface area contributed by atoms with Gasteiger partial charge >= 0.3 is 0 Å². The molecular weight excluding hydrogens is 370 g/mol. The lowest BCUT2D eigenvalue weighted by Crippen LogP contribution is -2.31. The molecule has 2 aromatic rings. The Bertz CT molecular complexity index is 840. The molecule has 0 radical (unpaired) electrons. The van der Waals surface area contributed by atoms with Gasteiger partial charge in [0.15, 0.2) is 0 Å². The van der Waals surface area contributed by atoms with Crippen LogP contribution in [0.25, 0.3) is 0 Å². The molecule has 1 atom stereocenters. The molecule has 0 spiro atoms. The van der Waals surface area contributed by atoms with Crippen molar-refractivity contribution in [2.75, 3.05) is 25.5 Å². The van der Waals surface area contributed by atoms with Crippen LogP contribution in [0.1, 0.15) is 24.8 Å². The second kappa shape index (κ2) is 8.33. The molecule has 140 valence electrons. The minimum absolute atomic E-state index is 0.186. The van der Waals surface area contributed by atoms with Crippen LogP contribution < -0.4 is 9.47 Å². The van der Waals surface area contributed by atoms with Crippen molar-refractivity contribution in [1.82, 2.24) is 4.31 Å². The Labute approximate surface area is 159 Å². The van der Waals surface area contributed by atoms with E-state index in [2.05, 4.69) is 0 Å². The number of ether oxygens (including phenoxy) is 2. The summed E-state index contributed by atoms with van der Waals surface area (Å²) in [6.07, 6.45) is 0. The summed E-state index contributed by atoms with van der Waals surface area (Å²) in [5.74, 6) is 1.70. The molecule has 0 N–H and O–H groups in total. The van der Waals surface area contributed by atoms with Gasteiger partial charge in [-0.15, -0.1) is 11.8 Å². The minimum atomic E-state index is -3.69. The van der Waals surface area contributed by atoms with E-state index in [1.807, 2.05) is 44.2 Å². The molecule has 0 amide bonds. The van der Waals surface area contributed by atoms with E-state index in [4.69, 9.17) is 9.47 Å². The second-order valence-electron chi connectivity index (χ2n) is 5.72. The predicted molar refractivity (Wildman–Crippen MR) is 104 cm³/mol. The van der Waals surface area contributed by atoms with Crippen LogP contribution in [0, 0.1) is 0 Å². The van der Waals surface area contributed by atoms with Crippen LogP contribution in [0.2, 0.25) is 0 Å². The Balaban J connectivity index is 1.99. The van der Waals surface area contributed by atoms with Crippen molar-refractivity contribution in [2.45, 2.75) is 24.1 Å². The molecule has 2 aromatic carbocycles. The average molecular weight is 394 g/mol. The van der Waals surface area contributed by atoms with Gasteiger partial charge in [-0.1, -0.05) is 30.3 Å². The van der Waals surface area contributed by atoms with Gasteiger partial charge in [0.05, 0.1) is 18.6 Å². The maximum absolute atomic E-state index is 13.4. The zero-order valence-electron chi connectivity index (χ0n) is 14.9. The Morgan fingerprint density at radius 3 is 2.50 bits per heavy atom. The highest BCUT2D eigenvalue weighted by Gasteiger charge is 2.38. The largest absolute Gasteiger partial charge is 0.494 e. The number of rotatable bonds is 7. The highest BCUT2D eigenvalue weighted by molar-refractivity contribution is 8.01. The third kappa shape index (κ3) is 3.84. The van der Waals surface area contributed by atoms with E-state index < -0.39 is 10.0 Å². The van der Waals surface area contributed by atoms with Crippen molar-refractivity contribution in [3.05, 3.63) is 54.1 Å². The van der Waals surface area contributed by atoms with Gasteiger partial charge in [0.25, 0.3) is 0 Å². The van der Waals surface area contributed by atoms with Crippen molar-refractivity contribution in [1.29, 1.82) is 0 Å². The van der Waals surface area contributed by atoms with Gasteiger partial charge in [0.1, 0.15) is 16.4 Å². The molecule has 1 unspecified atom stereocenters. The summed E-state index contributed by atoms with van der Waals surface area (Å²) < 4.78 is 39.4. The molecule has 1 aliphatic rings. The molecule has 1 fully saturated rings. The second-order valence-corrected chi connectivity index (χ2v) is 8.77. The van der Waals surface area contributed by atoms with Gasteiger partial charge in [0.2, 0.25) is 10.0 Å². The first-order valence-electron chi connectivity index (χ1n) is 8.66. The van der Waals surface area contributed by atoms with E-state index >= 15 is 0 Å². The summed E-state index contributed by atoms with van der Waals surface area (Å²) in [4.78, 5) is 0.186. The lowest BCUT2D eigenvalue weighted by atomic mass is 10.2. The third-order valence-corrected chi connectivity index (χ3v) is 7.34. The van der Waals surface area contributed by atoms with Gasteiger partial charge in [0, 0.05) is 18.4 Å². The number of nitrogens with zero attached hydrogens (tertiary/aromatic N) is 1.